The smallest absolute Gasteiger partial charge is 0.0949 e. The van der Waals surface area contributed by atoms with Crippen molar-refractivity contribution in [1.29, 1.82) is 0 Å². The third-order valence-corrected chi connectivity index (χ3v) is 3.66. The minimum Gasteiger partial charge on any atom is -0.337 e. The van der Waals surface area contributed by atoms with Gasteiger partial charge in [-0.15, -0.1) is 0 Å². The van der Waals surface area contributed by atoms with Gasteiger partial charge in [0.2, 0.25) is 0 Å². The predicted molar refractivity (Wildman–Crippen MR) is 77.7 cm³/mol. The van der Waals surface area contributed by atoms with Gasteiger partial charge in [-0.3, -0.25) is 4.90 Å². The second kappa shape index (κ2) is 5.41. The molecule has 0 amide bonds. The van der Waals surface area contributed by atoms with Crippen LogP contribution in [0.15, 0.2) is 42.7 Å². The first-order valence-corrected chi connectivity index (χ1v) is 6.76. The highest BCUT2D eigenvalue weighted by atomic mass is 15.2. The summed E-state index contributed by atoms with van der Waals surface area (Å²) in [6.45, 7) is 3.08. The summed E-state index contributed by atoms with van der Waals surface area (Å²) in [6.07, 6.45) is 7.45. The number of imidazole rings is 1. The molecule has 0 saturated carbocycles. The zero-order valence-corrected chi connectivity index (χ0v) is 11.3. The standard InChI is InChI=1S/C16H19N3/c1-18-13-17-15-12-19(11-9-16(15)18)10-5-8-14-6-3-2-4-7-14/h2-8,13H,9-12H2,1H3. The maximum atomic E-state index is 4.47. The van der Waals surface area contributed by atoms with E-state index in [1.807, 2.05) is 12.4 Å². The van der Waals surface area contributed by atoms with E-state index in [-0.39, 0.29) is 0 Å². The lowest BCUT2D eigenvalue weighted by Gasteiger charge is -2.25. The summed E-state index contributed by atoms with van der Waals surface area (Å²) >= 11 is 0. The van der Waals surface area contributed by atoms with Crippen LogP contribution in [0.25, 0.3) is 6.08 Å². The fourth-order valence-electron chi connectivity index (χ4n) is 2.57. The zero-order valence-electron chi connectivity index (χ0n) is 11.3. The molecular formula is C16H19N3. The maximum Gasteiger partial charge on any atom is 0.0949 e. The van der Waals surface area contributed by atoms with Crippen LogP contribution in [-0.4, -0.2) is 27.5 Å². The lowest BCUT2D eigenvalue weighted by atomic mass is 10.1. The van der Waals surface area contributed by atoms with Gasteiger partial charge in [-0.1, -0.05) is 42.5 Å². The van der Waals surface area contributed by atoms with Gasteiger partial charge in [-0.05, 0) is 5.56 Å². The second-order valence-electron chi connectivity index (χ2n) is 5.05. The van der Waals surface area contributed by atoms with Gasteiger partial charge in [0.05, 0.1) is 12.0 Å². The summed E-state index contributed by atoms with van der Waals surface area (Å²) in [6, 6.07) is 10.4. The van der Waals surface area contributed by atoms with Crippen molar-refractivity contribution in [2.45, 2.75) is 13.0 Å². The van der Waals surface area contributed by atoms with Crippen molar-refractivity contribution in [2.24, 2.45) is 7.05 Å². The first kappa shape index (κ1) is 12.2. The van der Waals surface area contributed by atoms with Crippen LogP contribution in [0.1, 0.15) is 17.0 Å². The summed E-state index contributed by atoms with van der Waals surface area (Å²) < 4.78 is 2.15. The van der Waals surface area contributed by atoms with Crippen molar-refractivity contribution >= 4 is 6.08 Å². The number of fused-ring (bicyclic) bond motifs is 1. The highest BCUT2D eigenvalue weighted by Gasteiger charge is 2.18. The molecule has 0 aliphatic carbocycles. The van der Waals surface area contributed by atoms with E-state index in [0.717, 1.165) is 26.1 Å². The van der Waals surface area contributed by atoms with Crippen molar-refractivity contribution in [3.05, 3.63) is 59.7 Å². The van der Waals surface area contributed by atoms with E-state index in [2.05, 4.69) is 57.9 Å². The van der Waals surface area contributed by atoms with Gasteiger partial charge >= 0.3 is 0 Å². The average molecular weight is 253 g/mol. The molecule has 0 fully saturated rings. The van der Waals surface area contributed by atoms with Crippen LogP contribution in [0.4, 0.5) is 0 Å². The molecular weight excluding hydrogens is 234 g/mol. The lowest BCUT2D eigenvalue weighted by molar-refractivity contribution is 0.276. The molecule has 1 aromatic carbocycles. The van der Waals surface area contributed by atoms with Crippen LogP contribution in [0.2, 0.25) is 0 Å². The number of benzene rings is 1. The van der Waals surface area contributed by atoms with Crippen molar-refractivity contribution in [3.8, 4) is 0 Å². The van der Waals surface area contributed by atoms with E-state index in [4.69, 9.17) is 0 Å². The van der Waals surface area contributed by atoms with Crippen LogP contribution >= 0.6 is 0 Å². The molecule has 3 rings (SSSR count). The molecule has 3 heteroatoms. The Bertz CT molecular complexity index is 569. The van der Waals surface area contributed by atoms with Crippen LogP contribution in [0.3, 0.4) is 0 Å². The Hall–Kier alpha value is -1.87. The number of aromatic nitrogens is 2. The van der Waals surface area contributed by atoms with E-state index in [1.54, 1.807) is 0 Å². The van der Waals surface area contributed by atoms with Crippen molar-refractivity contribution in [1.82, 2.24) is 14.5 Å². The van der Waals surface area contributed by atoms with Crippen molar-refractivity contribution in [2.75, 3.05) is 13.1 Å². The maximum absolute atomic E-state index is 4.47. The van der Waals surface area contributed by atoms with Gasteiger partial charge in [-0.2, -0.15) is 0 Å². The third-order valence-electron chi connectivity index (χ3n) is 3.66. The number of aryl methyl sites for hydroxylation is 1. The SMILES string of the molecule is Cn1cnc2c1CCN(CC=Cc1ccccc1)C2. The Labute approximate surface area is 114 Å². The molecule has 0 N–H and O–H groups in total. The summed E-state index contributed by atoms with van der Waals surface area (Å²) in [4.78, 5) is 6.91. The normalized spacial score (nSPS) is 15.8. The molecule has 1 aromatic heterocycles. The van der Waals surface area contributed by atoms with E-state index in [1.165, 1.54) is 17.0 Å². The lowest BCUT2D eigenvalue weighted by Crippen LogP contribution is -2.31. The quantitative estimate of drug-likeness (QED) is 0.838. The molecule has 0 radical (unpaired) electrons. The summed E-state index contributed by atoms with van der Waals surface area (Å²) in [7, 11) is 2.08. The first-order valence-electron chi connectivity index (χ1n) is 6.76. The number of rotatable bonds is 3. The summed E-state index contributed by atoms with van der Waals surface area (Å²) in [5.74, 6) is 0. The van der Waals surface area contributed by atoms with Gasteiger partial charge in [0, 0.05) is 38.8 Å². The van der Waals surface area contributed by atoms with Crippen LogP contribution < -0.4 is 0 Å². The van der Waals surface area contributed by atoms with Gasteiger partial charge in [0.15, 0.2) is 0 Å². The molecule has 0 spiro atoms. The average Bonchev–Trinajstić information content (AvgIpc) is 2.81. The Morgan fingerprint density at radius 1 is 1.26 bits per heavy atom. The molecule has 0 atom stereocenters. The molecule has 2 aromatic rings. The third kappa shape index (κ3) is 2.76. The fourth-order valence-corrected chi connectivity index (χ4v) is 2.57. The summed E-state index contributed by atoms with van der Waals surface area (Å²) in [5.41, 5.74) is 3.89. The Balaban J connectivity index is 1.59. The molecule has 98 valence electrons. The predicted octanol–water partition coefficient (Wildman–Crippen LogP) is 2.49. The zero-order chi connectivity index (χ0) is 13.1. The summed E-state index contributed by atoms with van der Waals surface area (Å²) in [5, 5.41) is 0. The molecule has 1 aliphatic rings. The van der Waals surface area contributed by atoms with Crippen LogP contribution in [-0.2, 0) is 20.0 Å². The molecule has 0 bridgehead atoms. The number of nitrogens with zero attached hydrogens (tertiary/aromatic N) is 3. The highest BCUT2D eigenvalue weighted by molar-refractivity contribution is 5.48. The monoisotopic (exact) mass is 253 g/mol. The van der Waals surface area contributed by atoms with E-state index < -0.39 is 0 Å². The second-order valence-corrected chi connectivity index (χ2v) is 5.05. The van der Waals surface area contributed by atoms with E-state index in [0.29, 0.717) is 0 Å². The molecule has 3 nitrogen and oxygen atoms in total. The Morgan fingerprint density at radius 3 is 2.95 bits per heavy atom. The van der Waals surface area contributed by atoms with Crippen LogP contribution in [0.5, 0.6) is 0 Å². The van der Waals surface area contributed by atoms with Crippen molar-refractivity contribution in [3.63, 3.8) is 0 Å². The number of hydrogen-bond donors (Lipinski definition) is 0. The van der Waals surface area contributed by atoms with Gasteiger partial charge in [0.1, 0.15) is 0 Å². The molecule has 2 heterocycles. The van der Waals surface area contributed by atoms with Gasteiger partial charge < -0.3 is 4.57 Å². The van der Waals surface area contributed by atoms with Crippen LogP contribution in [0, 0.1) is 0 Å². The Kier molecular flexibility index (Phi) is 3.47. The topological polar surface area (TPSA) is 21.1 Å². The largest absolute Gasteiger partial charge is 0.337 e. The molecule has 1 aliphatic heterocycles. The van der Waals surface area contributed by atoms with E-state index in [9.17, 15) is 0 Å². The first-order chi connectivity index (χ1) is 9.33. The highest BCUT2D eigenvalue weighted by Crippen LogP contribution is 2.16. The van der Waals surface area contributed by atoms with E-state index >= 15 is 0 Å². The minimum atomic E-state index is 0.968. The van der Waals surface area contributed by atoms with Crippen molar-refractivity contribution < 1.29 is 0 Å². The number of hydrogen-bond acceptors (Lipinski definition) is 2. The van der Waals surface area contributed by atoms with Gasteiger partial charge in [-0.25, -0.2) is 4.98 Å². The minimum absolute atomic E-state index is 0.968. The molecule has 19 heavy (non-hydrogen) atoms. The Morgan fingerprint density at radius 2 is 2.11 bits per heavy atom. The molecule has 0 unspecified atom stereocenters. The van der Waals surface area contributed by atoms with Gasteiger partial charge in [0.25, 0.3) is 0 Å². The molecule has 0 saturated heterocycles. The fraction of sp³-hybridized carbons (Fsp3) is 0.312.